The number of carbonyl (C=O) groups is 1. The lowest BCUT2D eigenvalue weighted by atomic mass is 9.50. The summed E-state index contributed by atoms with van der Waals surface area (Å²) in [4.78, 5) is 24.9. The molecule has 3 aromatic heterocycles. The lowest BCUT2D eigenvalue weighted by molar-refractivity contribution is 0.00189. The Balaban J connectivity index is 1.38. The second kappa shape index (κ2) is 6.41. The van der Waals surface area contributed by atoms with Gasteiger partial charge in [0.1, 0.15) is 0 Å². The number of methoxy groups -OCH3 is 1. The molecule has 2 bridgehead atoms. The van der Waals surface area contributed by atoms with Crippen molar-refractivity contribution in [2.75, 3.05) is 17.7 Å². The van der Waals surface area contributed by atoms with Crippen molar-refractivity contribution in [3.63, 3.8) is 0 Å². The molecule has 1 amide bonds. The highest BCUT2D eigenvalue weighted by molar-refractivity contribution is 7.17. The van der Waals surface area contributed by atoms with Gasteiger partial charge in [-0.2, -0.15) is 5.10 Å². The lowest BCUT2D eigenvalue weighted by Crippen LogP contribution is -2.63. The van der Waals surface area contributed by atoms with Crippen LogP contribution in [-0.2, 0) is 0 Å². The molecule has 3 aromatic rings. The van der Waals surface area contributed by atoms with Crippen LogP contribution in [0.25, 0.3) is 5.13 Å². The first-order chi connectivity index (χ1) is 14.0. The number of nitrogens with one attached hydrogen (secondary N) is 2. The first-order valence-corrected chi connectivity index (χ1v) is 9.94. The first-order valence-electron chi connectivity index (χ1n) is 9.12. The van der Waals surface area contributed by atoms with E-state index in [1.54, 1.807) is 10.9 Å². The number of aryl methyl sites for hydroxylation is 1. The molecule has 29 heavy (non-hydrogen) atoms. The molecule has 0 unspecified atom stereocenters. The van der Waals surface area contributed by atoms with Gasteiger partial charge in [0.2, 0.25) is 16.0 Å². The Morgan fingerprint density at radius 3 is 2.79 bits per heavy atom. The van der Waals surface area contributed by atoms with Crippen LogP contribution in [0.2, 0.25) is 0 Å². The Hall–Kier alpha value is -3.21. The third kappa shape index (κ3) is 2.97. The monoisotopic (exact) mass is 414 g/mol. The Morgan fingerprint density at radius 2 is 2.17 bits per heavy atom. The molecule has 11 heteroatoms. The molecule has 0 spiro atoms. The zero-order chi connectivity index (χ0) is 20.2. The molecule has 0 aliphatic heterocycles. The smallest absolute Gasteiger partial charge is 0.381 e. The Kier molecular flexibility index (Phi) is 3.95. The normalized spacial score (nSPS) is 21.8. The van der Waals surface area contributed by atoms with E-state index >= 15 is 0 Å². The number of aromatic nitrogens is 4. The summed E-state index contributed by atoms with van der Waals surface area (Å²) in [6.07, 6.45) is 4.86. The maximum Gasteiger partial charge on any atom is 0.381 e. The number of hydrogen-bond donors (Lipinski definition) is 2. The minimum Gasteiger partial charge on any atom is -0.488 e. The van der Waals surface area contributed by atoms with Crippen molar-refractivity contribution in [2.45, 2.75) is 31.7 Å². The van der Waals surface area contributed by atoms with Gasteiger partial charge in [-0.1, -0.05) is 11.3 Å². The van der Waals surface area contributed by atoms with E-state index < -0.39 is 11.5 Å². The van der Waals surface area contributed by atoms with Gasteiger partial charge in [-0.05, 0) is 38.2 Å². The van der Waals surface area contributed by atoms with Crippen LogP contribution in [0.1, 0.15) is 35.5 Å². The average molecular weight is 414 g/mol. The lowest BCUT2D eigenvalue weighted by Gasteiger charge is -2.62. The van der Waals surface area contributed by atoms with Crippen LogP contribution in [0.5, 0.6) is 5.75 Å². The highest BCUT2D eigenvalue weighted by Gasteiger charge is 2.56. The standard InChI is InChI=1S/C18H18N6O4S/c1-9-3-4-19-24(9)17-23-22-16(29-17)20-14(25)12-5-11(13(27-2)15(26)28-12)21-18-6-10(7-18)8-18/h3-5,10,21H,6-8H2,1-2H3,(H,20,22,25). The highest BCUT2D eigenvalue weighted by atomic mass is 32.1. The van der Waals surface area contributed by atoms with E-state index in [2.05, 4.69) is 25.9 Å². The fourth-order valence-corrected chi connectivity index (χ4v) is 4.64. The molecule has 3 saturated carbocycles. The largest absolute Gasteiger partial charge is 0.488 e. The molecule has 0 radical (unpaired) electrons. The number of rotatable bonds is 6. The summed E-state index contributed by atoms with van der Waals surface area (Å²) in [5, 5.41) is 18.9. The van der Waals surface area contributed by atoms with Crippen molar-refractivity contribution >= 4 is 28.1 Å². The summed E-state index contributed by atoms with van der Waals surface area (Å²) in [5.74, 6) is 0.113. The van der Waals surface area contributed by atoms with Crippen LogP contribution in [0.15, 0.2) is 27.5 Å². The van der Waals surface area contributed by atoms with Gasteiger partial charge in [-0.3, -0.25) is 10.1 Å². The van der Waals surface area contributed by atoms with Crippen molar-refractivity contribution in [3.8, 4) is 10.9 Å². The predicted octanol–water partition coefficient (Wildman–Crippen LogP) is 2.21. The number of hydrogen-bond acceptors (Lipinski definition) is 9. The summed E-state index contributed by atoms with van der Waals surface area (Å²) < 4.78 is 12.0. The van der Waals surface area contributed by atoms with Gasteiger partial charge >= 0.3 is 5.63 Å². The van der Waals surface area contributed by atoms with Gasteiger partial charge in [0.15, 0.2) is 5.76 Å². The Labute approximate surface area is 168 Å². The molecular formula is C18H18N6O4S. The second-order valence-corrected chi connectivity index (χ2v) is 8.41. The number of ether oxygens (including phenoxy) is 1. The molecule has 0 aromatic carbocycles. The summed E-state index contributed by atoms with van der Waals surface area (Å²) in [6, 6.07) is 3.33. The van der Waals surface area contributed by atoms with Gasteiger partial charge in [-0.15, -0.1) is 10.2 Å². The van der Waals surface area contributed by atoms with Crippen LogP contribution in [-0.4, -0.2) is 38.5 Å². The van der Waals surface area contributed by atoms with E-state index in [0.717, 1.165) is 42.2 Å². The van der Waals surface area contributed by atoms with E-state index in [1.165, 1.54) is 13.2 Å². The van der Waals surface area contributed by atoms with Crippen molar-refractivity contribution in [1.29, 1.82) is 0 Å². The third-order valence-corrected chi connectivity index (χ3v) is 6.24. The number of amides is 1. The average Bonchev–Trinajstić information content (AvgIpc) is 3.25. The minimum atomic E-state index is -0.709. The van der Waals surface area contributed by atoms with Crippen LogP contribution in [0.4, 0.5) is 10.8 Å². The number of nitrogens with zero attached hydrogens (tertiary/aromatic N) is 4. The molecule has 3 aliphatic carbocycles. The molecule has 3 fully saturated rings. The molecule has 0 saturated heterocycles. The van der Waals surface area contributed by atoms with Crippen molar-refractivity contribution in [2.24, 2.45) is 5.92 Å². The van der Waals surface area contributed by atoms with Crippen LogP contribution in [0.3, 0.4) is 0 Å². The molecule has 10 nitrogen and oxygen atoms in total. The number of carbonyl (C=O) groups excluding carboxylic acids is 1. The van der Waals surface area contributed by atoms with E-state index in [0.29, 0.717) is 10.8 Å². The third-order valence-electron chi connectivity index (χ3n) is 5.42. The van der Waals surface area contributed by atoms with Crippen LogP contribution >= 0.6 is 11.3 Å². The van der Waals surface area contributed by atoms with Gasteiger partial charge < -0.3 is 14.5 Å². The molecule has 2 N–H and O–H groups in total. The second-order valence-electron chi connectivity index (χ2n) is 7.46. The van der Waals surface area contributed by atoms with Crippen molar-refractivity contribution in [3.05, 3.63) is 40.2 Å². The van der Waals surface area contributed by atoms with Crippen LogP contribution < -0.4 is 21.0 Å². The summed E-state index contributed by atoms with van der Waals surface area (Å²) in [7, 11) is 1.40. The van der Waals surface area contributed by atoms with Gasteiger partial charge in [0, 0.05) is 23.5 Å². The molecular weight excluding hydrogens is 396 g/mol. The predicted molar refractivity (Wildman–Crippen MR) is 105 cm³/mol. The summed E-state index contributed by atoms with van der Waals surface area (Å²) >= 11 is 1.16. The molecule has 3 heterocycles. The maximum atomic E-state index is 12.6. The Morgan fingerprint density at radius 1 is 1.38 bits per heavy atom. The van der Waals surface area contributed by atoms with E-state index in [9.17, 15) is 9.59 Å². The topological polar surface area (TPSA) is 124 Å². The zero-order valence-corrected chi connectivity index (χ0v) is 16.6. The van der Waals surface area contributed by atoms with E-state index in [1.807, 2.05) is 13.0 Å². The maximum absolute atomic E-state index is 12.6. The van der Waals surface area contributed by atoms with E-state index in [4.69, 9.17) is 9.15 Å². The fraction of sp³-hybridized carbons (Fsp3) is 0.389. The summed E-state index contributed by atoms with van der Waals surface area (Å²) in [6.45, 7) is 1.89. The first kappa shape index (κ1) is 17.9. The zero-order valence-electron chi connectivity index (χ0n) is 15.8. The molecule has 6 rings (SSSR count). The Bertz CT molecular complexity index is 1150. The van der Waals surface area contributed by atoms with Gasteiger partial charge in [0.25, 0.3) is 5.91 Å². The number of anilines is 2. The SMILES string of the molecule is COc1c(NC23CC(C2)C3)cc(C(=O)Nc2nnc(-n3nccc3C)s2)oc1=O. The van der Waals surface area contributed by atoms with E-state index in [-0.39, 0.29) is 22.2 Å². The highest BCUT2D eigenvalue weighted by Crippen LogP contribution is 2.58. The van der Waals surface area contributed by atoms with Crippen molar-refractivity contribution in [1.82, 2.24) is 20.0 Å². The summed E-state index contributed by atoms with van der Waals surface area (Å²) in [5.41, 5.74) is 0.663. The fourth-order valence-electron chi connectivity index (χ4n) is 3.88. The van der Waals surface area contributed by atoms with Crippen LogP contribution in [0, 0.1) is 12.8 Å². The minimum absolute atomic E-state index is 0.00917. The molecule has 3 aliphatic rings. The van der Waals surface area contributed by atoms with Gasteiger partial charge in [0.05, 0.1) is 12.8 Å². The molecule has 150 valence electrons. The van der Waals surface area contributed by atoms with Crippen molar-refractivity contribution < 1.29 is 13.9 Å². The quantitative estimate of drug-likeness (QED) is 0.629. The van der Waals surface area contributed by atoms with Gasteiger partial charge in [-0.25, -0.2) is 9.48 Å². The molecule has 0 atom stereocenters.